The van der Waals surface area contributed by atoms with E-state index >= 15 is 0 Å². The van der Waals surface area contributed by atoms with Crippen molar-refractivity contribution in [3.8, 4) is 0 Å². The predicted molar refractivity (Wildman–Crippen MR) is 310 cm³/mol. The van der Waals surface area contributed by atoms with E-state index in [1.165, 1.54) is 270 Å². The number of aliphatic hydroxyl groups excluding tert-OH is 2. The molecule has 6 heteroatoms. The molecular formula is C65H125NO5. The Morgan fingerprint density at radius 3 is 1.10 bits per heavy atom. The molecule has 2 atom stereocenters. The van der Waals surface area contributed by atoms with Gasteiger partial charge in [0.1, 0.15) is 0 Å². The average molecular weight is 1000 g/mol. The van der Waals surface area contributed by atoms with Crippen LogP contribution in [-0.2, 0) is 14.3 Å². The summed E-state index contributed by atoms with van der Waals surface area (Å²) in [5.74, 6) is -0.0234. The summed E-state index contributed by atoms with van der Waals surface area (Å²) in [5.41, 5.74) is 0. The van der Waals surface area contributed by atoms with Crippen LogP contribution in [-0.4, -0.2) is 47.4 Å². The Bertz CT molecular complexity index is 1110. The minimum absolute atomic E-state index is 0.00902. The number of carbonyl (C=O) groups excluding carboxylic acids is 2. The summed E-state index contributed by atoms with van der Waals surface area (Å²) < 4.78 is 5.49. The quantitative estimate of drug-likeness (QED) is 0.0320. The third-order valence-electron chi connectivity index (χ3n) is 15.0. The molecule has 0 aromatic rings. The van der Waals surface area contributed by atoms with Crippen LogP contribution in [0.2, 0.25) is 0 Å². The molecule has 0 heterocycles. The molecule has 0 rings (SSSR count). The van der Waals surface area contributed by atoms with Gasteiger partial charge < -0.3 is 20.3 Å². The van der Waals surface area contributed by atoms with E-state index in [0.29, 0.717) is 25.9 Å². The standard InChI is InChI=1S/C65H125NO5/c1-3-5-7-9-11-13-15-17-18-28-32-35-39-43-47-51-55-59-65(70)71-60-56-52-48-44-40-36-33-30-27-25-23-21-19-20-22-24-26-29-31-34-38-42-46-50-54-58-64(69)66-62(61-67)63(68)57-53-49-45-41-37-16-14-12-10-8-6-4-2/h11,13,17-18,62-63,67-68H,3-10,12,14-16,19-61H2,1-2H3,(H,66,69)/b13-11-,18-17-. The lowest BCUT2D eigenvalue weighted by Crippen LogP contribution is -2.45. The van der Waals surface area contributed by atoms with E-state index in [1.807, 2.05) is 0 Å². The highest BCUT2D eigenvalue weighted by atomic mass is 16.5. The van der Waals surface area contributed by atoms with Crippen molar-refractivity contribution < 1.29 is 24.5 Å². The van der Waals surface area contributed by atoms with E-state index in [-0.39, 0.29) is 18.5 Å². The molecule has 1 amide bonds. The topological polar surface area (TPSA) is 95.9 Å². The van der Waals surface area contributed by atoms with Gasteiger partial charge in [0.25, 0.3) is 0 Å². The van der Waals surface area contributed by atoms with Crippen molar-refractivity contribution in [3.63, 3.8) is 0 Å². The van der Waals surface area contributed by atoms with Gasteiger partial charge in [-0.3, -0.25) is 9.59 Å². The second kappa shape index (κ2) is 60.9. The van der Waals surface area contributed by atoms with E-state index in [9.17, 15) is 19.8 Å². The molecule has 420 valence electrons. The fourth-order valence-electron chi connectivity index (χ4n) is 10.1. The van der Waals surface area contributed by atoms with E-state index in [1.54, 1.807) is 0 Å². The van der Waals surface area contributed by atoms with Crippen molar-refractivity contribution in [1.29, 1.82) is 0 Å². The van der Waals surface area contributed by atoms with Crippen molar-refractivity contribution >= 4 is 11.9 Å². The Morgan fingerprint density at radius 1 is 0.394 bits per heavy atom. The van der Waals surface area contributed by atoms with Crippen LogP contribution in [0, 0.1) is 0 Å². The summed E-state index contributed by atoms with van der Waals surface area (Å²) in [5, 5.41) is 23.2. The smallest absolute Gasteiger partial charge is 0.305 e. The van der Waals surface area contributed by atoms with Gasteiger partial charge >= 0.3 is 5.97 Å². The Hall–Kier alpha value is -1.66. The van der Waals surface area contributed by atoms with Crippen molar-refractivity contribution in [2.45, 2.75) is 366 Å². The number of amides is 1. The average Bonchev–Trinajstić information content (AvgIpc) is 3.37. The number of esters is 1. The van der Waals surface area contributed by atoms with Crippen molar-refractivity contribution in [3.05, 3.63) is 24.3 Å². The summed E-state index contributed by atoms with van der Waals surface area (Å²) in [6.07, 6.45) is 74.9. The maximum absolute atomic E-state index is 12.5. The van der Waals surface area contributed by atoms with Gasteiger partial charge in [0.15, 0.2) is 0 Å². The largest absolute Gasteiger partial charge is 0.466 e. The molecule has 0 aliphatic heterocycles. The minimum atomic E-state index is -0.662. The SMILES string of the molecule is CCCCC/C=C\C/C=C\CCCCCCCCCC(=O)OCCCCCCCCCCCCCCCCCCCCCCCCCCCC(=O)NC(CO)C(O)CCCCCCCCCCCCCC. The van der Waals surface area contributed by atoms with E-state index in [4.69, 9.17) is 4.74 Å². The zero-order valence-electron chi connectivity index (χ0n) is 48.0. The number of aliphatic hydroxyl groups is 2. The third-order valence-corrected chi connectivity index (χ3v) is 15.0. The molecular weight excluding hydrogens is 875 g/mol. The molecule has 0 saturated carbocycles. The number of hydrogen-bond donors (Lipinski definition) is 3. The van der Waals surface area contributed by atoms with E-state index < -0.39 is 12.1 Å². The maximum atomic E-state index is 12.5. The first kappa shape index (κ1) is 69.3. The first-order chi connectivity index (χ1) is 35.0. The molecule has 0 aromatic heterocycles. The lowest BCUT2D eigenvalue weighted by molar-refractivity contribution is -0.143. The Morgan fingerprint density at radius 2 is 0.704 bits per heavy atom. The van der Waals surface area contributed by atoms with Crippen LogP contribution in [0.25, 0.3) is 0 Å². The molecule has 0 radical (unpaired) electrons. The fourth-order valence-corrected chi connectivity index (χ4v) is 10.1. The number of unbranched alkanes of at least 4 members (excludes halogenated alkanes) is 45. The molecule has 0 aliphatic rings. The van der Waals surface area contributed by atoms with E-state index in [0.717, 1.165) is 51.4 Å². The second-order valence-corrected chi connectivity index (χ2v) is 22.1. The number of carbonyl (C=O) groups is 2. The van der Waals surface area contributed by atoms with Crippen LogP contribution in [0.5, 0.6) is 0 Å². The monoisotopic (exact) mass is 1000 g/mol. The van der Waals surface area contributed by atoms with Gasteiger partial charge in [-0.1, -0.05) is 308 Å². The highest BCUT2D eigenvalue weighted by Crippen LogP contribution is 2.18. The predicted octanol–water partition coefficient (Wildman–Crippen LogP) is 20.2. The first-order valence-electron chi connectivity index (χ1n) is 32.1. The summed E-state index contributed by atoms with van der Waals surface area (Å²) in [7, 11) is 0. The van der Waals surface area contributed by atoms with Gasteiger partial charge in [-0.25, -0.2) is 0 Å². The highest BCUT2D eigenvalue weighted by Gasteiger charge is 2.20. The second-order valence-electron chi connectivity index (χ2n) is 22.1. The van der Waals surface area contributed by atoms with Gasteiger partial charge in [-0.2, -0.15) is 0 Å². The summed E-state index contributed by atoms with van der Waals surface area (Å²) in [4.78, 5) is 24.5. The van der Waals surface area contributed by atoms with Crippen LogP contribution >= 0.6 is 0 Å². The van der Waals surface area contributed by atoms with Gasteiger partial charge in [-0.05, 0) is 57.8 Å². The number of allylic oxidation sites excluding steroid dienone is 4. The van der Waals surface area contributed by atoms with Crippen LogP contribution in [0.15, 0.2) is 24.3 Å². The highest BCUT2D eigenvalue weighted by molar-refractivity contribution is 5.76. The Kier molecular flexibility index (Phi) is 59.5. The van der Waals surface area contributed by atoms with Crippen LogP contribution in [0.4, 0.5) is 0 Å². The van der Waals surface area contributed by atoms with Gasteiger partial charge in [0.2, 0.25) is 5.91 Å². The number of hydrogen-bond acceptors (Lipinski definition) is 5. The Labute approximate surface area is 443 Å². The van der Waals surface area contributed by atoms with Crippen molar-refractivity contribution in [1.82, 2.24) is 5.32 Å². The number of rotatable bonds is 60. The van der Waals surface area contributed by atoms with Gasteiger partial charge in [0, 0.05) is 12.8 Å². The number of nitrogens with one attached hydrogen (secondary N) is 1. The van der Waals surface area contributed by atoms with Crippen LogP contribution < -0.4 is 5.32 Å². The lowest BCUT2D eigenvalue weighted by atomic mass is 10.0. The van der Waals surface area contributed by atoms with Crippen molar-refractivity contribution in [2.75, 3.05) is 13.2 Å². The fraction of sp³-hybridized carbons (Fsp3) is 0.908. The lowest BCUT2D eigenvalue weighted by Gasteiger charge is -2.22. The molecule has 2 unspecified atom stereocenters. The Balaban J connectivity index is 3.34. The van der Waals surface area contributed by atoms with E-state index in [2.05, 4.69) is 43.5 Å². The first-order valence-corrected chi connectivity index (χ1v) is 32.1. The molecule has 0 aromatic carbocycles. The van der Waals surface area contributed by atoms with Crippen LogP contribution in [0.1, 0.15) is 354 Å². The molecule has 0 spiro atoms. The van der Waals surface area contributed by atoms with Gasteiger partial charge in [0.05, 0.1) is 25.4 Å². The molecule has 6 nitrogen and oxygen atoms in total. The zero-order chi connectivity index (χ0) is 51.4. The summed E-state index contributed by atoms with van der Waals surface area (Å²) in [6.45, 7) is 4.94. The van der Waals surface area contributed by atoms with Crippen LogP contribution in [0.3, 0.4) is 0 Å². The third kappa shape index (κ3) is 57.5. The zero-order valence-corrected chi connectivity index (χ0v) is 48.0. The summed E-state index contributed by atoms with van der Waals surface area (Å²) >= 11 is 0. The normalized spacial score (nSPS) is 12.7. The van der Waals surface area contributed by atoms with Gasteiger partial charge in [-0.15, -0.1) is 0 Å². The molecule has 71 heavy (non-hydrogen) atoms. The molecule has 0 saturated heterocycles. The molecule has 0 aliphatic carbocycles. The summed E-state index contributed by atoms with van der Waals surface area (Å²) in [6, 6.07) is -0.539. The maximum Gasteiger partial charge on any atom is 0.305 e. The molecule has 3 N–H and O–H groups in total. The molecule has 0 bridgehead atoms. The van der Waals surface area contributed by atoms with Crippen molar-refractivity contribution in [2.24, 2.45) is 0 Å². The number of ether oxygens (including phenoxy) is 1. The minimum Gasteiger partial charge on any atom is -0.466 e. The molecule has 0 fully saturated rings.